The first kappa shape index (κ1) is 15.3. The predicted molar refractivity (Wildman–Crippen MR) is 94.7 cm³/mol. The van der Waals surface area contributed by atoms with Crippen molar-refractivity contribution in [2.45, 2.75) is 12.5 Å². The molecule has 0 spiro atoms. The lowest BCUT2D eigenvalue weighted by molar-refractivity contribution is -0.385. The van der Waals surface area contributed by atoms with E-state index in [4.69, 9.17) is 0 Å². The third-order valence-corrected chi connectivity index (χ3v) is 4.26. The Labute approximate surface area is 143 Å². The summed E-state index contributed by atoms with van der Waals surface area (Å²) in [5.74, 6) is 1.50. The SMILES string of the molecule is O=[N+]([O-])c1ccc(NC2CCN(c3cnc4ccccc4n3)C2)nc1. The maximum Gasteiger partial charge on any atom is 0.287 e. The molecule has 0 amide bonds. The Morgan fingerprint density at radius 3 is 2.72 bits per heavy atom. The van der Waals surface area contributed by atoms with Crippen molar-refractivity contribution in [2.24, 2.45) is 0 Å². The first-order chi connectivity index (χ1) is 12.2. The van der Waals surface area contributed by atoms with E-state index in [9.17, 15) is 10.1 Å². The van der Waals surface area contributed by atoms with Crippen LogP contribution in [0.4, 0.5) is 17.3 Å². The molecule has 0 saturated carbocycles. The summed E-state index contributed by atoms with van der Waals surface area (Å²) >= 11 is 0. The molecular formula is C17H16N6O2. The molecule has 1 unspecified atom stereocenters. The summed E-state index contributed by atoms with van der Waals surface area (Å²) in [6, 6.07) is 11.1. The second-order valence-electron chi connectivity index (χ2n) is 5.95. The summed E-state index contributed by atoms with van der Waals surface area (Å²) in [5.41, 5.74) is 1.76. The molecule has 8 nitrogen and oxygen atoms in total. The first-order valence-corrected chi connectivity index (χ1v) is 8.03. The van der Waals surface area contributed by atoms with E-state index in [-0.39, 0.29) is 11.7 Å². The number of rotatable bonds is 4. The number of nitrogens with zero attached hydrogens (tertiary/aromatic N) is 5. The van der Waals surface area contributed by atoms with E-state index in [0.29, 0.717) is 5.82 Å². The molecule has 1 fully saturated rings. The summed E-state index contributed by atoms with van der Waals surface area (Å²) in [6.45, 7) is 1.66. The van der Waals surface area contributed by atoms with Gasteiger partial charge in [0.2, 0.25) is 0 Å². The fourth-order valence-corrected chi connectivity index (χ4v) is 2.97. The van der Waals surface area contributed by atoms with Crippen molar-refractivity contribution in [3.8, 4) is 0 Å². The van der Waals surface area contributed by atoms with Crippen LogP contribution < -0.4 is 10.2 Å². The molecule has 2 aromatic heterocycles. The third kappa shape index (κ3) is 3.18. The molecule has 1 aliphatic rings. The number of nitrogens with one attached hydrogen (secondary N) is 1. The number of pyridine rings is 1. The minimum absolute atomic E-state index is 0.00923. The Morgan fingerprint density at radius 2 is 1.96 bits per heavy atom. The minimum atomic E-state index is -0.452. The average Bonchev–Trinajstić information content (AvgIpc) is 3.10. The second kappa shape index (κ2) is 6.31. The molecule has 8 heteroatoms. The van der Waals surface area contributed by atoms with E-state index in [1.54, 1.807) is 12.3 Å². The molecule has 0 aliphatic carbocycles. The number of hydrogen-bond acceptors (Lipinski definition) is 7. The minimum Gasteiger partial charge on any atom is -0.365 e. The normalized spacial score (nSPS) is 17.0. The van der Waals surface area contributed by atoms with Crippen molar-refractivity contribution in [1.29, 1.82) is 0 Å². The summed E-state index contributed by atoms with van der Waals surface area (Å²) in [6.07, 6.45) is 4.01. The van der Waals surface area contributed by atoms with Gasteiger partial charge < -0.3 is 10.2 Å². The van der Waals surface area contributed by atoms with Crippen LogP contribution in [-0.4, -0.2) is 39.0 Å². The fourth-order valence-electron chi connectivity index (χ4n) is 2.97. The van der Waals surface area contributed by atoms with Gasteiger partial charge in [-0.3, -0.25) is 15.1 Å². The fraction of sp³-hybridized carbons (Fsp3) is 0.235. The van der Waals surface area contributed by atoms with Crippen molar-refractivity contribution in [3.05, 3.63) is 58.9 Å². The van der Waals surface area contributed by atoms with Crippen LogP contribution in [0.15, 0.2) is 48.8 Å². The van der Waals surface area contributed by atoms with E-state index in [1.807, 2.05) is 24.3 Å². The zero-order valence-electron chi connectivity index (χ0n) is 13.4. The van der Waals surface area contributed by atoms with Crippen molar-refractivity contribution in [2.75, 3.05) is 23.3 Å². The molecular weight excluding hydrogens is 320 g/mol. The van der Waals surface area contributed by atoms with Crippen LogP contribution in [0.1, 0.15) is 6.42 Å². The van der Waals surface area contributed by atoms with E-state index >= 15 is 0 Å². The predicted octanol–water partition coefficient (Wildman–Crippen LogP) is 2.62. The van der Waals surface area contributed by atoms with E-state index in [1.165, 1.54) is 12.3 Å². The lowest BCUT2D eigenvalue weighted by atomic mass is 10.2. The van der Waals surface area contributed by atoms with Gasteiger partial charge in [0.25, 0.3) is 5.69 Å². The summed E-state index contributed by atoms with van der Waals surface area (Å²) < 4.78 is 0. The number of nitro groups is 1. The zero-order chi connectivity index (χ0) is 17.2. The molecule has 4 rings (SSSR count). The average molecular weight is 336 g/mol. The third-order valence-electron chi connectivity index (χ3n) is 4.26. The molecule has 1 N–H and O–H groups in total. The van der Waals surface area contributed by atoms with Gasteiger partial charge in [-0.15, -0.1) is 0 Å². The van der Waals surface area contributed by atoms with E-state index in [2.05, 4.69) is 25.2 Å². The number of hydrogen-bond donors (Lipinski definition) is 1. The molecule has 1 aromatic carbocycles. The Hall–Kier alpha value is -3.29. The molecule has 0 radical (unpaired) electrons. The highest BCUT2D eigenvalue weighted by Crippen LogP contribution is 2.22. The Balaban J connectivity index is 1.44. The van der Waals surface area contributed by atoms with Crippen LogP contribution in [-0.2, 0) is 0 Å². The van der Waals surface area contributed by atoms with Crippen LogP contribution in [0.25, 0.3) is 11.0 Å². The standard InChI is InChI=1S/C17H16N6O2/c24-23(25)13-5-6-16(19-9-13)20-12-7-8-22(11-12)17-10-18-14-3-1-2-4-15(14)21-17/h1-6,9-10,12H,7-8,11H2,(H,19,20). The summed E-state index contributed by atoms with van der Waals surface area (Å²) in [5, 5.41) is 14.0. The van der Waals surface area contributed by atoms with Gasteiger partial charge >= 0.3 is 0 Å². The van der Waals surface area contributed by atoms with Crippen LogP contribution in [0, 0.1) is 10.1 Å². The van der Waals surface area contributed by atoms with Gasteiger partial charge in [-0.25, -0.2) is 9.97 Å². The van der Waals surface area contributed by atoms with Crippen LogP contribution in [0.5, 0.6) is 0 Å². The summed E-state index contributed by atoms with van der Waals surface area (Å²) in [7, 11) is 0. The van der Waals surface area contributed by atoms with Gasteiger partial charge in [-0.2, -0.15) is 0 Å². The van der Waals surface area contributed by atoms with Crippen molar-refractivity contribution < 1.29 is 4.92 Å². The maximum atomic E-state index is 10.7. The molecule has 25 heavy (non-hydrogen) atoms. The van der Waals surface area contributed by atoms with Gasteiger partial charge in [0.15, 0.2) is 0 Å². The molecule has 126 valence electrons. The molecule has 0 bridgehead atoms. The van der Waals surface area contributed by atoms with Crippen LogP contribution >= 0.6 is 0 Å². The maximum absolute atomic E-state index is 10.7. The summed E-state index contributed by atoms with van der Waals surface area (Å²) in [4.78, 5) is 25.6. The van der Waals surface area contributed by atoms with Gasteiger partial charge in [-0.1, -0.05) is 12.1 Å². The molecule has 3 aromatic rings. The molecule has 1 aliphatic heterocycles. The lowest BCUT2D eigenvalue weighted by Crippen LogP contribution is -2.27. The molecule has 3 heterocycles. The van der Waals surface area contributed by atoms with Crippen LogP contribution in [0.3, 0.4) is 0 Å². The smallest absolute Gasteiger partial charge is 0.287 e. The van der Waals surface area contributed by atoms with Crippen molar-refractivity contribution in [1.82, 2.24) is 15.0 Å². The highest BCUT2D eigenvalue weighted by molar-refractivity contribution is 5.75. The highest BCUT2D eigenvalue weighted by Gasteiger charge is 2.24. The Bertz CT molecular complexity index is 914. The van der Waals surface area contributed by atoms with Gasteiger partial charge in [0, 0.05) is 25.2 Å². The lowest BCUT2D eigenvalue weighted by Gasteiger charge is -2.18. The van der Waals surface area contributed by atoms with E-state index in [0.717, 1.165) is 36.4 Å². The van der Waals surface area contributed by atoms with Gasteiger partial charge in [0.05, 0.1) is 22.2 Å². The van der Waals surface area contributed by atoms with Crippen LogP contribution in [0.2, 0.25) is 0 Å². The Kier molecular flexibility index (Phi) is 3.85. The number of para-hydroxylation sites is 2. The zero-order valence-corrected chi connectivity index (χ0v) is 13.4. The van der Waals surface area contributed by atoms with Crippen molar-refractivity contribution >= 4 is 28.4 Å². The highest BCUT2D eigenvalue weighted by atomic mass is 16.6. The quantitative estimate of drug-likeness (QED) is 0.578. The molecule has 1 saturated heterocycles. The van der Waals surface area contributed by atoms with E-state index < -0.39 is 4.92 Å². The first-order valence-electron chi connectivity index (χ1n) is 8.03. The Morgan fingerprint density at radius 1 is 1.12 bits per heavy atom. The largest absolute Gasteiger partial charge is 0.365 e. The number of benzene rings is 1. The number of anilines is 2. The number of fused-ring (bicyclic) bond motifs is 1. The monoisotopic (exact) mass is 336 g/mol. The topological polar surface area (TPSA) is 97.1 Å². The van der Waals surface area contributed by atoms with Crippen molar-refractivity contribution in [3.63, 3.8) is 0 Å². The molecule has 1 atom stereocenters. The second-order valence-corrected chi connectivity index (χ2v) is 5.95. The van der Waals surface area contributed by atoms with Gasteiger partial charge in [0.1, 0.15) is 17.8 Å². The number of aromatic nitrogens is 3. The van der Waals surface area contributed by atoms with Gasteiger partial charge in [-0.05, 0) is 24.6 Å².